The molecule has 1 atom stereocenters. The number of nitrogens with two attached hydrogens (primary N) is 1. The molecule has 4 N–H and O–H groups in total. The van der Waals surface area contributed by atoms with Crippen molar-refractivity contribution in [1.29, 1.82) is 0 Å². The highest BCUT2D eigenvalue weighted by atomic mass is 35.5. The van der Waals surface area contributed by atoms with E-state index in [0.717, 1.165) is 0 Å². The molecule has 0 heterocycles. The number of hydrogen-bond acceptors (Lipinski definition) is 4. The summed E-state index contributed by atoms with van der Waals surface area (Å²) in [5, 5.41) is 11.9. The summed E-state index contributed by atoms with van der Waals surface area (Å²) < 4.78 is 5.12. The molecule has 0 fully saturated rings. The fourth-order valence-electron chi connectivity index (χ4n) is 1.65. The van der Waals surface area contributed by atoms with Gasteiger partial charge in [0.05, 0.1) is 16.6 Å². The Hall–Kier alpha value is -1.79. The molecule has 0 aliphatic heterocycles. The van der Waals surface area contributed by atoms with Gasteiger partial charge in [-0.1, -0.05) is 17.7 Å². The van der Waals surface area contributed by atoms with E-state index in [4.69, 9.17) is 27.2 Å². The first kappa shape index (κ1) is 17.3. The van der Waals surface area contributed by atoms with Crippen LogP contribution in [-0.2, 0) is 9.53 Å². The average molecular weight is 315 g/mol. The monoisotopic (exact) mass is 314 g/mol. The van der Waals surface area contributed by atoms with Crippen molar-refractivity contribution in [3.05, 3.63) is 28.8 Å². The van der Waals surface area contributed by atoms with Gasteiger partial charge in [0.2, 0.25) is 0 Å². The fraction of sp³-hybridized carbons (Fsp3) is 0.429. The molecule has 7 heteroatoms. The minimum Gasteiger partial charge on any atom is -0.481 e. The van der Waals surface area contributed by atoms with E-state index in [1.807, 2.05) is 0 Å². The second-order valence-corrected chi connectivity index (χ2v) is 5.90. The van der Waals surface area contributed by atoms with Crippen molar-refractivity contribution in [1.82, 2.24) is 0 Å². The maximum absolute atomic E-state index is 11.7. The van der Waals surface area contributed by atoms with E-state index in [1.165, 1.54) is 12.1 Å². The number of carboxylic acids is 1. The van der Waals surface area contributed by atoms with Crippen molar-refractivity contribution in [2.24, 2.45) is 5.73 Å². The molecule has 0 aliphatic carbocycles. The lowest BCUT2D eigenvalue weighted by Gasteiger charge is -2.20. The lowest BCUT2D eigenvalue weighted by atomic mass is 9.99. The molecule has 6 nitrogen and oxygen atoms in total. The Labute approximate surface area is 128 Å². The Morgan fingerprint density at radius 1 is 1.43 bits per heavy atom. The van der Waals surface area contributed by atoms with Crippen LogP contribution in [0, 0.1) is 0 Å². The highest BCUT2D eigenvalue weighted by molar-refractivity contribution is 6.33. The third kappa shape index (κ3) is 5.24. The predicted molar refractivity (Wildman–Crippen MR) is 80.7 cm³/mol. The van der Waals surface area contributed by atoms with Gasteiger partial charge in [-0.2, -0.15) is 0 Å². The highest BCUT2D eigenvalue weighted by Gasteiger charge is 2.21. The van der Waals surface area contributed by atoms with Crippen molar-refractivity contribution in [3.8, 4) is 0 Å². The lowest BCUT2D eigenvalue weighted by Crippen LogP contribution is -2.27. The molecule has 0 saturated carbocycles. The fourth-order valence-corrected chi connectivity index (χ4v) is 1.81. The maximum Gasteiger partial charge on any atom is 0.412 e. The van der Waals surface area contributed by atoms with E-state index in [-0.39, 0.29) is 17.3 Å². The number of benzene rings is 1. The Morgan fingerprint density at radius 2 is 2.05 bits per heavy atom. The van der Waals surface area contributed by atoms with Crippen LogP contribution in [0.15, 0.2) is 18.2 Å². The second-order valence-electron chi connectivity index (χ2n) is 5.49. The van der Waals surface area contributed by atoms with Gasteiger partial charge in [-0.3, -0.25) is 10.1 Å². The summed E-state index contributed by atoms with van der Waals surface area (Å²) in [5.41, 5.74) is 5.55. The SMILES string of the molecule is CC(C)(C)OC(=O)Nc1cc(C(CN)C(=O)O)ccc1Cl. The first-order valence-electron chi connectivity index (χ1n) is 6.36. The normalized spacial score (nSPS) is 12.6. The number of halogens is 1. The number of nitrogens with one attached hydrogen (secondary N) is 1. The van der Waals surface area contributed by atoms with Gasteiger partial charge in [-0.15, -0.1) is 0 Å². The van der Waals surface area contributed by atoms with Crippen LogP contribution in [-0.4, -0.2) is 29.3 Å². The number of aliphatic carboxylic acids is 1. The average Bonchev–Trinajstić information content (AvgIpc) is 2.31. The molecular weight excluding hydrogens is 296 g/mol. The summed E-state index contributed by atoms with van der Waals surface area (Å²) in [6.45, 7) is 5.15. The van der Waals surface area contributed by atoms with Gasteiger partial charge in [0, 0.05) is 6.54 Å². The van der Waals surface area contributed by atoms with Crippen LogP contribution in [0.4, 0.5) is 10.5 Å². The molecule has 21 heavy (non-hydrogen) atoms. The van der Waals surface area contributed by atoms with Crippen molar-refractivity contribution in [3.63, 3.8) is 0 Å². The number of anilines is 1. The summed E-state index contributed by atoms with van der Waals surface area (Å²) in [5.74, 6) is -1.90. The first-order valence-corrected chi connectivity index (χ1v) is 6.74. The number of rotatable bonds is 4. The summed E-state index contributed by atoms with van der Waals surface area (Å²) in [6.07, 6.45) is -0.666. The standard InChI is InChI=1S/C14H19ClN2O4/c1-14(2,3)21-13(20)17-11-6-8(4-5-10(11)15)9(7-16)12(18)19/h4-6,9H,7,16H2,1-3H3,(H,17,20)(H,18,19). The number of carbonyl (C=O) groups is 2. The first-order chi connectivity index (χ1) is 9.64. The van der Waals surface area contributed by atoms with Crippen LogP contribution in [0.5, 0.6) is 0 Å². The largest absolute Gasteiger partial charge is 0.481 e. The zero-order valence-electron chi connectivity index (χ0n) is 12.1. The third-order valence-corrected chi connectivity index (χ3v) is 2.89. The summed E-state index contributed by atoms with van der Waals surface area (Å²) in [6, 6.07) is 4.56. The van der Waals surface area contributed by atoms with Crippen LogP contribution in [0.1, 0.15) is 32.3 Å². The van der Waals surface area contributed by atoms with Gasteiger partial charge >= 0.3 is 12.1 Å². The molecule has 0 bridgehead atoms. The van der Waals surface area contributed by atoms with E-state index in [9.17, 15) is 9.59 Å². The summed E-state index contributed by atoms with van der Waals surface area (Å²) in [4.78, 5) is 22.8. The van der Waals surface area contributed by atoms with Crippen LogP contribution in [0.3, 0.4) is 0 Å². The zero-order chi connectivity index (χ0) is 16.2. The van der Waals surface area contributed by atoms with Crippen LogP contribution in [0.25, 0.3) is 0 Å². The molecule has 0 aromatic heterocycles. The quantitative estimate of drug-likeness (QED) is 0.793. The van der Waals surface area contributed by atoms with Gasteiger partial charge in [0.15, 0.2) is 0 Å². The molecule has 1 aromatic rings. The summed E-state index contributed by atoms with van der Waals surface area (Å²) >= 11 is 5.99. The number of carboxylic acid groups (broad SMARTS) is 1. The topological polar surface area (TPSA) is 102 Å². The minimum absolute atomic E-state index is 0.0527. The molecular formula is C14H19ClN2O4. The molecule has 0 saturated heterocycles. The maximum atomic E-state index is 11.7. The van der Waals surface area contributed by atoms with E-state index in [0.29, 0.717) is 5.56 Å². The number of ether oxygens (including phenoxy) is 1. The van der Waals surface area contributed by atoms with Crippen molar-refractivity contribution in [2.75, 3.05) is 11.9 Å². The molecule has 1 amide bonds. The van der Waals surface area contributed by atoms with E-state index in [1.54, 1.807) is 26.8 Å². The lowest BCUT2D eigenvalue weighted by molar-refractivity contribution is -0.138. The molecule has 1 unspecified atom stereocenters. The van der Waals surface area contributed by atoms with Gasteiger partial charge in [-0.05, 0) is 38.5 Å². The predicted octanol–water partition coefficient (Wildman–Crippen LogP) is 2.81. The van der Waals surface area contributed by atoms with E-state index in [2.05, 4.69) is 5.32 Å². The van der Waals surface area contributed by atoms with Gasteiger partial charge in [0.25, 0.3) is 0 Å². The molecule has 0 spiro atoms. The minimum atomic E-state index is -1.04. The van der Waals surface area contributed by atoms with Crippen molar-refractivity contribution >= 4 is 29.4 Å². The van der Waals surface area contributed by atoms with Crippen molar-refractivity contribution in [2.45, 2.75) is 32.3 Å². The molecule has 0 radical (unpaired) electrons. The molecule has 1 aromatic carbocycles. The van der Waals surface area contributed by atoms with Crippen LogP contribution >= 0.6 is 11.6 Å². The Bertz CT molecular complexity index is 540. The Morgan fingerprint density at radius 3 is 2.52 bits per heavy atom. The molecule has 1 rings (SSSR count). The second kappa shape index (κ2) is 6.78. The zero-order valence-corrected chi connectivity index (χ0v) is 12.9. The highest BCUT2D eigenvalue weighted by Crippen LogP contribution is 2.27. The van der Waals surface area contributed by atoms with Gasteiger partial charge in [0.1, 0.15) is 5.60 Å². The van der Waals surface area contributed by atoms with Gasteiger partial charge < -0.3 is 15.6 Å². The van der Waals surface area contributed by atoms with Crippen LogP contribution in [0.2, 0.25) is 5.02 Å². The third-order valence-electron chi connectivity index (χ3n) is 2.56. The smallest absolute Gasteiger partial charge is 0.412 e. The molecule has 116 valence electrons. The molecule has 0 aliphatic rings. The Kier molecular flexibility index (Phi) is 5.57. The van der Waals surface area contributed by atoms with Crippen molar-refractivity contribution < 1.29 is 19.4 Å². The van der Waals surface area contributed by atoms with E-state index < -0.39 is 23.6 Å². The number of amides is 1. The Balaban J connectivity index is 2.97. The van der Waals surface area contributed by atoms with Crippen LogP contribution < -0.4 is 11.1 Å². The summed E-state index contributed by atoms with van der Waals surface area (Å²) in [7, 11) is 0. The van der Waals surface area contributed by atoms with E-state index >= 15 is 0 Å². The number of hydrogen-bond donors (Lipinski definition) is 3. The number of carbonyl (C=O) groups excluding carboxylic acids is 1. The van der Waals surface area contributed by atoms with Gasteiger partial charge in [-0.25, -0.2) is 4.79 Å².